The van der Waals surface area contributed by atoms with Gasteiger partial charge in [-0.15, -0.1) is 11.3 Å². The van der Waals surface area contributed by atoms with Gasteiger partial charge in [-0.1, -0.05) is 0 Å². The molecule has 1 aromatic rings. The van der Waals surface area contributed by atoms with E-state index >= 15 is 0 Å². The van der Waals surface area contributed by atoms with Crippen molar-refractivity contribution in [1.82, 2.24) is 10.0 Å². The van der Waals surface area contributed by atoms with Gasteiger partial charge in [0, 0.05) is 17.5 Å². The first kappa shape index (κ1) is 13.0. The van der Waals surface area contributed by atoms with Crippen molar-refractivity contribution in [3.8, 4) is 0 Å². The maximum Gasteiger partial charge on any atom is 0.250 e. The second-order valence-electron chi connectivity index (χ2n) is 4.34. The fraction of sp³-hybridized carbons (Fsp3) is 0.636. The monoisotopic (exact) mass is 274 g/mol. The van der Waals surface area contributed by atoms with Crippen LogP contribution < -0.4 is 10.0 Å². The molecule has 1 aliphatic heterocycles. The first-order chi connectivity index (χ1) is 8.08. The minimum Gasteiger partial charge on any atom is -0.314 e. The zero-order valence-electron chi connectivity index (χ0n) is 9.90. The van der Waals surface area contributed by atoms with Crippen LogP contribution in [0.4, 0.5) is 0 Å². The van der Waals surface area contributed by atoms with E-state index in [0.717, 1.165) is 24.3 Å². The van der Waals surface area contributed by atoms with Crippen molar-refractivity contribution < 1.29 is 8.42 Å². The lowest BCUT2D eigenvalue weighted by molar-refractivity contribution is 0.540. The molecule has 2 heterocycles. The van der Waals surface area contributed by atoms with Crippen LogP contribution in [0, 0.1) is 6.92 Å². The summed E-state index contributed by atoms with van der Waals surface area (Å²) in [7, 11) is -3.29. The predicted octanol–water partition coefficient (Wildman–Crippen LogP) is 1.48. The Kier molecular flexibility index (Phi) is 4.19. The second-order valence-corrected chi connectivity index (χ2v) is 7.63. The van der Waals surface area contributed by atoms with Gasteiger partial charge in [-0.05, 0) is 44.9 Å². The summed E-state index contributed by atoms with van der Waals surface area (Å²) in [6.07, 6.45) is 3.21. The van der Waals surface area contributed by atoms with Gasteiger partial charge in [-0.25, -0.2) is 13.1 Å². The summed E-state index contributed by atoms with van der Waals surface area (Å²) in [5.74, 6) is 0. The largest absolute Gasteiger partial charge is 0.314 e. The Morgan fingerprint density at radius 1 is 1.53 bits per heavy atom. The number of aryl methyl sites for hydroxylation is 1. The molecule has 0 unspecified atom stereocenters. The Labute approximate surface area is 106 Å². The molecule has 17 heavy (non-hydrogen) atoms. The van der Waals surface area contributed by atoms with Crippen LogP contribution in [0.15, 0.2) is 16.3 Å². The quantitative estimate of drug-likeness (QED) is 0.855. The molecular formula is C11H18N2O2S2. The minimum absolute atomic E-state index is 0.411. The second kappa shape index (κ2) is 5.48. The number of nitrogens with one attached hydrogen (secondary N) is 2. The molecule has 96 valence electrons. The van der Waals surface area contributed by atoms with E-state index < -0.39 is 10.0 Å². The Bertz CT molecular complexity index is 462. The molecule has 0 saturated carbocycles. The van der Waals surface area contributed by atoms with Crippen molar-refractivity contribution in [3.63, 3.8) is 0 Å². The molecule has 0 aliphatic carbocycles. The third-order valence-corrected chi connectivity index (χ3v) is 5.88. The Hall–Kier alpha value is -0.430. The number of thiophene rings is 1. The standard InChI is InChI=1S/C11H18N2O2S2/c1-9-4-5-11(16-9)17(14,15)13-8-6-10-3-2-7-12-10/h4-5,10,12-13H,2-3,6-8H2,1H3/t10-/m1/s1. The van der Waals surface area contributed by atoms with E-state index in [0.29, 0.717) is 16.8 Å². The molecular weight excluding hydrogens is 256 g/mol. The normalized spacial score (nSPS) is 20.9. The molecule has 1 aliphatic rings. The Morgan fingerprint density at radius 2 is 2.35 bits per heavy atom. The summed E-state index contributed by atoms with van der Waals surface area (Å²) in [4.78, 5) is 1.02. The van der Waals surface area contributed by atoms with Crippen molar-refractivity contribution >= 4 is 21.4 Å². The first-order valence-corrected chi connectivity index (χ1v) is 8.17. The third-order valence-electron chi connectivity index (χ3n) is 2.93. The fourth-order valence-electron chi connectivity index (χ4n) is 2.00. The maximum absolute atomic E-state index is 11.9. The molecule has 1 aromatic heterocycles. The zero-order chi connectivity index (χ0) is 12.3. The molecule has 2 N–H and O–H groups in total. The molecule has 0 bridgehead atoms. The van der Waals surface area contributed by atoms with Crippen LogP contribution in [0.1, 0.15) is 24.1 Å². The molecule has 0 spiro atoms. The Morgan fingerprint density at radius 3 is 2.94 bits per heavy atom. The first-order valence-electron chi connectivity index (χ1n) is 5.87. The van der Waals surface area contributed by atoms with Gasteiger partial charge >= 0.3 is 0 Å². The van der Waals surface area contributed by atoms with Crippen molar-refractivity contribution in [2.24, 2.45) is 0 Å². The molecule has 0 amide bonds. The van der Waals surface area contributed by atoms with Gasteiger partial charge in [0.2, 0.25) is 10.0 Å². The lowest BCUT2D eigenvalue weighted by Gasteiger charge is -2.10. The molecule has 6 heteroatoms. The number of hydrogen-bond donors (Lipinski definition) is 2. The van der Waals surface area contributed by atoms with E-state index in [9.17, 15) is 8.42 Å². The number of hydrogen-bond acceptors (Lipinski definition) is 4. The summed E-state index contributed by atoms with van der Waals surface area (Å²) in [5, 5.41) is 3.35. The molecule has 1 atom stereocenters. The van der Waals surface area contributed by atoms with Crippen molar-refractivity contribution in [3.05, 3.63) is 17.0 Å². The summed E-state index contributed by atoms with van der Waals surface area (Å²) in [6.45, 7) is 3.48. The van der Waals surface area contributed by atoms with Gasteiger partial charge in [0.25, 0.3) is 0 Å². The summed E-state index contributed by atoms with van der Waals surface area (Å²) < 4.78 is 26.9. The topological polar surface area (TPSA) is 58.2 Å². The van der Waals surface area contributed by atoms with Crippen LogP contribution in [0.25, 0.3) is 0 Å². The van der Waals surface area contributed by atoms with E-state index in [4.69, 9.17) is 0 Å². The van der Waals surface area contributed by atoms with E-state index in [1.165, 1.54) is 17.8 Å². The SMILES string of the molecule is Cc1ccc(S(=O)(=O)NCC[C@H]2CCCN2)s1. The van der Waals surface area contributed by atoms with Gasteiger partial charge in [0.1, 0.15) is 4.21 Å². The van der Waals surface area contributed by atoms with Gasteiger partial charge in [-0.2, -0.15) is 0 Å². The van der Waals surface area contributed by atoms with E-state index in [-0.39, 0.29) is 0 Å². The molecule has 0 aromatic carbocycles. The summed E-state index contributed by atoms with van der Waals surface area (Å²) in [5.41, 5.74) is 0. The average Bonchev–Trinajstić information content (AvgIpc) is 2.89. The van der Waals surface area contributed by atoms with Crippen LogP contribution in [0.5, 0.6) is 0 Å². The minimum atomic E-state index is -3.29. The van der Waals surface area contributed by atoms with Crippen LogP contribution in [0.3, 0.4) is 0 Å². The number of rotatable bonds is 5. The molecule has 1 saturated heterocycles. The van der Waals surface area contributed by atoms with Crippen LogP contribution in [-0.4, -0.2) is 27.5 Å². The van der Waals surface area contributed by atoms with Crippen LogP contribution in [0.2, 0.25) is 0 Å². The molecule has 1 fully saturated rings. The highest BCUT2D eigenvalue weighted by atomic mass is 32.2. The predicted molar refractivity (Wildman–Crippen MR) is 69.9 cm³/mol. The third kappa shape index (κ3) is 3.51. The highest BCUT2D eigenvalue weighted by Gasteiger charge is 2.18. The summed E-state index contributed by atoms with van der Waals surface area (Å²) >= 11 is 1.31. The van der Waals surface area contributed by atoms with E-state index in [2.05, 4.69) is 10.0 Å². The van der Waals surface area contributed by atoms with Crippen molar-refractivity contribution in [1.29, 1.82) is 0 Å². The van der Waals surface area contributed by atoms with E-state index in [1.54, 1.807) is 6.07 Å². The Balaban J connectivity index is 1.85. The van der Waals surface area contributed by atoms with Crippen molar-refractivity contribution in [2.75, 3.05) is 13.1 Å². The van der Waals surface area contributed by atoms with Gasteiger partial charge in [-0.3, -0.25) is 0 Å². The van der Waals surface area contributed by atoms with Crippen LogP contribution in [-0.2, 0) is 10.0 Å². The lowest BCUT2D eigenvalue weighted by atomic mass is 10.2. The van der Waals surface area contributed by atoms with E-state index in [1.807, 2.05) is 13.0 Å². The average molecular weight is 274 g/mol. The van der Waals surface area contributed by atoms with Gasteiger partial charge in [0.15, 0.2) is 0 Å². The van der Waals surface area contributed by atoms with Crippen LogP contribution >= 0.6 is 11.3 Å². The zero-order valence-corrected chi connectivity index (χ0v) is 11.5. The van der Waals surface area contributed by atoms with Crippen molar-refractivity contribution in [2.45, 2.75) is 36.4 Å². The summed E-state index contributed by atoms with van der Waals surface area (Å²) in [6, 6.07) is 3.97. The smallest absolute Gasteiger partial charge is 0.250 e. The number of sulfonamides is 1. The highest BCUT2D eigenvalue weighted by molar-refractivity contribution is 7.91. The molecule has 0 radical (unpaired) electrons. The fourth-order valence-corrected chi connectivity index (χ4v) is 4.37. The highest BCUT2D eigenvalue weighted by Crippen LogP contribution is 2.20. The molecule has 4 nitrogen and oxygen atoms in total. The lowest BCUT2D eigenvalue weighted by Crippen LogP contribution is -2.30. The maximum atomic E-state index is 11.9. The van der Waals surface area contributed by atoms with Gasteiger partial charge < -0.3 is 5.32 Å². The van der Waals surface area contributed by atoms with Gasteiger partial charge in [0.05, 0.1) is 0 Å². The molecule has 2 rings (SSSR count).